The van der Waals surface area contributed by atoms with Crippen LogP contribution in [0.3, 0.4) is 0 Å². The molecule has 12 rings (SSSR count). The first-order chi connectivity index (χ1) is 31.9. The molecule has 310 valence electrons. The molecular formula is C60H44N4S. The molecule has 0 atom stereocenters. The Hall–Kier alpha value is -7.73. The van der Waals surface area contributed by atoms with E-state index in [9.17, 15) is 0 Å². The van der Waals surface area contributed by atoms with E-state index in [0.717, 1.165) is 22.3 Å². The topological polar surface area (TPSA) is 43.6 Å². The summed E-state index contributed by atoms with van der Waals surface area (Å²) in [4.78, 5) is 15.0. The molecule has 0 N–H and O–H groups in total. The number of fused-ring (bicyclic) bond motifs is 9. The van der Waals surface area contributed by atoms with Gasteiger partial charge in [-0.1, -0.05) is 172 Å². The van der Waals surface area contributed by atoms with Gasteiger partial charge in [-0.3, -0.25) is 0 Å². The van der Waals surface area contributed by atoms with Gasteiger partial charge in [0.1, 0.15) is 0 Å². The number of nitrogens with zero attached hydrogens (tertiary/aromatic N) is 4. The highest BCUT2D eigenvalue weighted by molar-refractivity contribution is 7.26. The van der Waals surface area contributed by atoms with Gasteiger partial charge >= 0.3 is 0 Å². The number of allylic oxidation sites excluding steroid dienone is 4. The Morgan fingerprint density at radius 3 is 1.63 bits per heavy atom. The lowest BCUT2D eigenvalue weighted by Crippen LogP contribution is -2.15. The first-order valence-corrected chi connectivity index (χ1v) is 23.2. The van der Waals surface area contributed by atoms with Crippen LogP contribution in [0.25, 0.3) is 115 Å². The number of thiophene rings is 1. The second-order valence-corrected chi connectivity index (χ2v) is 18.5. The second-order valence-electron chi connectivity index (χ2n) is 17.5. The summed E-state index contributed by atoms with van der Waals surface area (Å²) >= 11 is 1.88. The Kier molecular flexibility index (Phi) is 9.11. The molecule has 3 aromatic heterocycles. The Balaban J connectivity index is 1.01. The van der Waals surface area contributed by atoms with Gasteiger partial charge in [0.15, 0.2) is 17.5 Å². The highest BCUT2D eigenvalue weighted by Crippen LogP contribution is 2.52. The lowest BCUT2D eigenvalue weighted by molar-refractivity contribution is 0.661. The molecule has 65 heavy (non-hydrogen) atoms. The predicted molar refractivity (Wildman–Crippen MR) is 275 cm³/mol. The van der Waals surface area contributed by atoms with E-state index in [0.29, 0.717) is 17.5 Å². The maximum Gasteiger partial charge on any atom is 0.164 e. The van der Waals surface area contributed by atoms with Crippen LogP contribution in [0.2, 0.25) is 0 Å². The van der Waals surface area contributed by atoms with Crippen molar-refractivity contribution in [2.24, 2.45) is 0 Å². The third kappa shape index (κ3) is 6.22. The molecule has 4 nitrogen and oxygen atoms in total. The number of aromatic nitrogens is 4. The molecule has 8 aromatic carbocycles. The normalized spacial score (nSPS) is 13.4. The summed E-state index contributed by atoms with van der Waals surface area (Å²) in [5, 5.41) is 5.05. The molecule has 3 heterocycles. The summed E-state index contributed by atoms with van der Waals surface area (Å²) in [6.07, 6.45) is 6.58. The number of benzene rings is 8. The van der Waals surface area contributed by atoms with Gasteiger partial charge in [0.25, 0.3) is 0 Å². The highest BCUT2D eigenvalue weighted by Gasteiger charge is 2.36. The summed E-state index contributed by atoms with van der Waals surface area (Å²) in [6.45, 7) is 8.96. The van der Waals surface area contributed by atoms with E-state index in [-0.39, 0.29) is 5.41 Å². The van der Waals surface area contributed by atoms with Crippen molar-refractivity contribution >= 4 is 59.0 Å². The van der Waals surface area contributed by atoms with E-state index in [1.54, 1.807) is 0 Å². The minimum atomic E-state index is -0.0924. The van der Waals surface area contributed by atoms with Crippen molar-refractivity contribution in [1.82, 2.24) is 19.5 Å². The third-order valence-electron chi connectivity index (χ3n) is 13.3. The van der Waals surface area contributed by atoms with E-state index in [4.69, 9.17) is 15.0 Å². The van der Waals surface area contributed by atoms with Crippen molar-refractivity contribution in [3.63, 3.8) is 0 Å². The zero-order chi connectivity index (χ0) is 43.8. The van der Waals surface area contributed by atoms with Crippen LogP contribution in [0, 0.1) is 0 Å². The molecule has 0 bridgehead atoms. The van der Waals surface area contributed by atoms with E-state index < -0.39 is 0 Å². The summed E-state index contributed by atoms with van der Waals surface area (Å²) < 4.78 is 5.00. The third-order valence-corrected chi connectivity index (χ3v) is 14.6. The van der Waals surface area contributed by atoms with Crippen LogP contribution in [0.4, 0.5) is 0 Å². The Morgan fingerprint density at radius 2 is 0.985 bits per heavy atom. The maximum absolute atomic E-state index is 5.05. The summed E-state index contributed by atoms with van der Waals surface area (Å²) in [5.41, 5.74) is 16.6. The monoisotopic (exact) mass is 852 g/mol. The SMILES string of the molecule is C/C=C\C(=C/C)n1c2ccc(-c3cccc4c3sc3c(-c5cccc(-c6nc(-c7ccccc7)nc(-c7ccccc7)n6)c5)cccc34)cc2c2cc3c(cc21)C(C)(C)c1ccccc1-3. The van der Waals surface area contributed by atoms with Crippen LogP contribution in [0.15, 0.2) is 194 Å². The molecule has 0 fully saturated rings. The molecule has 1 aliphatic rings. The predicted octanol–water partition coefficient (Wildman–Crippen LogP) is 16.4. The van der Waals surface area contributed by atoms with Crippen LogP contribution in [-0.4, -0.2) is 19.5 Å². The lowest BCUT2D eigenvalue weighted by Gasteiger charge is -2.21. The van der Waals surface area contributed by atoms with Crippen LogP contribution in [0.5, 0.6) is 0 Å². The van der Waals surface area contributed by atoms with Crippen molar-refractivity contribution in [2.75, 3.05) is 0 Å². The average molecular weight is 853 g/mol. The molecule has 0 radical (unpaired) electrons. The van der Waals surface area contributed by atoms with Gasteiger partial charge in [-0.2, -0.15) is 0 Å². The highest BCUT2D eigenvalue weighted by atomic mass is 32.1. The van der Waals surface area contributed by atoms with Crippen molar-refractivity contribution in [2.45, 2.75) is 33.1 Å². The van der Waals surface area contributed by atoms with E-state index >= 15 is 0 Å². The molecule has 0 aliphatic heterocycles. The van der Waals surface area contributed by atoms with E-state index in [1.807, 2.05) is 72.0 Å². The van der Waals surface area contributed by atoms with Gasteiger partial charge in [0.05, 0.1) is 11.0 Å². The van der Waals surface area contributed by atoms with E-state index in [2.05, 4.69) is 166 Å². The number of hydrogen-bond acceptors (Lipinski definition) is 4. The van der Waals surface area contributed by atoms with Crippen LogP contribution < -0.4 is 0 Å². The van der Waals surface area contributed by atoms with Gasteiger partial charge in [-0.05, 0) is 94.8 Å². The average Bonchev–Trinajstić information content (AvgIpc) is 3.98. The zero-order valence-electron chi connectivity index (χ0n) is 36.7. The van der Waals surface area contributed by atoms with Gasteiger partial charge in [0.2, 0.25) is 0 Å². The fourth-order valence-corrected chi connectivity index (χ4v) is 11.5. The fourth-order valence-electron chi connectivity index (χ4n) is 10.2. The lowest BCUT2D eigenvalue weighted by atomic mass is 9.82. The van der Waals surface area contributed by atoms with Gasteiger partial charge in [-0.25, -0.2) is 15.0 Å². The summed E-state index contributed by atoms with van der Waals surface area (Å²) in [5.74, 6) is 1.95. The zero-order valence-corrected chi connectivity index (χ0v) is 37.5. The molecular weight excluding hydrogens is 809 g/mol. The van der Waals surface area contributed by atoms with Crippen molar-refractivity contribution in [3.05, 3.63) is 205 Å². The number of rotatable bonds is 7. The fraction of sp³-hybridized carbons (Fsp3) is 0.0833. The van der Waals surface area contributed by atoms with Gasteiger partial charge in [-0.15, -0.1) is 11.3 Å². The standard InChI is InChI=1S/C60H44N4S/c1-5-18-42(6-2)64-53-32-31-40(34-49(53)50-35-48-45-25-13-14-30-51(45)60(3,4)52(48)36-54(50)64)44-27-17-29-47-46-28-16-26-43(55(46)65-56(44)47)39-23-15-24-41(33-39)59-62-57(37-19-9-7-10-20-37)61-58(63-59)38-21-11-8-12-22-38/h5-36H,1-4H3/b18-5-,42-6+. The van der Waals surface area contributed by atoms with Crippen molar-refractivity contribution in [3.8, 4) is 67.5 Å². The molecule has 0 spiro atoms. The molecule has 0 amide bonds. The minimum absolute atomic E-state index is 0.0924. The van der Waals surface area contributed by atoms with Crippen molar-refractivity contribution in [1.29, 1.82) is 0 Å². The Bertz CT molecular complexity index is 3700. The largest absolute Gasteiger partial charge is 0.310 e. The molecule has 0 saturated heterocycles. The molecule has 1 aliphatic carbocycles. The first kappa shape index (κ1) is 38.9. The Morgan fingerprint density at radius 1 is 0.446 bits per heavy atom. The minimum Gasteiger partial charge on any atom is -0.310 e. The summed E-state index contributed by atoms with van der Waals surface area (Å²) in [6, 6.07) is 63.4. The first-order valence-electron chi connectivity index (χ1n) is 22.3. The Labute approximate surface area is 382 Å². The van der Waals surface area contributed by atoms with Crippen LogP contribution >= 0.6 is 11.3 Å². The number of hydrogen-bond donors (Lipinski definition) is 0. The van der Waals surface area contributed by atoms with Gasteiger partial charge < -0.3 is 4.57 Å². The van der Waals surface area contributed by atoms with Crippen LogP contribution in [0.1, 0.15) is 38.8 Å². The molecule has 0 saturated carbocycles. The maximum atomic E-state index is 5.05. The molecule has 11 aromatic rings. The van der Waals surface area contributed by atoms with E-state index in [1.165, 1.54) is 86.6 Å². The quantitative estimate of drug-likeness (QED) is 0.150. The smallest absolute Gasteiger partial charge is 0.164 e. The van der Waals surface area contributed by atoms with Gasteiger partial charge in [0, 0.05) is 58.7 Å². The molecule has 0 unspecified atom stereocenters. The summed E-state index contributed by atoms with van der Waals surface area (Å²) in [7, 11) is 0. The second kappa shape index (κ2) is 15.2. The van der Waals surface area contributed by atoms with Crippen LogP contribution in [-0.2, 0) is 5.41 Å². The van der Waals surface area contributed by atoms with Crippen molar-refractivity contribution < 1.29 is 0 Å². The molecule has 5 heteroatoms.